The smallest absolute Gasteiger partial charge is 0.410 e. The van der Waals surface area contributed by atoms with Gasteiger partial charge in [0.1, 0.15) is 22.9 Å². The Bertz CT molecular complexity index is 1860. The number of ether oxygens (including phenoxy) is 1. The van der Waals surface area contributed by atoms with Crippen molar-refractivity contribution in [3.63, 3.8) is 0 Å². The Labute approximate surface area is 261 Å². The number of aromatic nitrogens is 4. The molecule has 236 valence electrons. The molecule has 1 amide bonds. The zero-order valence-corrected chi connectivity index (χ0v) is 26.7. The van der Waals surface area contributed by atoms with Crippen LogP contribution in [-0.4, -0.2) is 61.8 Å². The predicted octanol–water partition coefficient (Wildman–Crippen LogP) is 6.64. The number of anilines is 1. The minimum atomic E-state index is -0.781. The van der Waals surface area contributed by atoms with Crippen molar-refractivity contribution in [2.75, 3.05) is 24.5 Å². The molecular weight excluding hydrogens is 578 g/mol. The highest BCUT2D eigenvalue weighted by molar-refractivity contribution is 5.91. The van der Waals surface area contributed by atoms with Crippen molar-refractivity contribution in [1.29, 1.82) is 0 Å². The van der Waals surface area contributed by atoms with E-state index in [2.05, 4.69) is 21.5 Å². The quantitative estimate of drug-likeness (QED) is 0.248. The Balaban J connectivity index is 1.76. The number of piperazine rings is 1. The van der Waals surface area contributed by atoms with Crippen LogP contribution in [0.3, 0.4) is 0 Å². The van der Waals surface area contributed by atoms with E-state index in [9.17, 15) is 9.59 Å². The van der Waals surface area contributed by atoms with Gasteiger partial charge in [0.2, 0.25) is 0 Å². The third-order valence-electron chi connectivity index (χ3n) is 7.78. The first-order valence-electron chi connectivity index (χ1n) is 15.0. The summed E-state index contributed by atoms with van der Waals surface area (Å²) in [6.07, 6.45) is 2.67. The number of benzene rings is 1. The molecule has 1 aromatic carbocycles. The highest BCUT2D eigenvalue weighted by Crippen LogP contribution is 2.35. The second kappa shape index (κ2) is 12.0. The first-order valence-corrected chi connectivity index (χ1v) is 15.0. The monoisotopic (exact) mass is 616 g/mol. The standard InChI is InChI=1S/C34H38F2N6O3/c1-9-22-11-10-12-24(35)26(22)28-25(36)17-23-30(41-16-15-40(18-21(41)5)33(44)45-34(6,7)8)39-32(43)42(31(23)38-28)29-20(4)13-14-37-27(29)19(2)3/h9-14,17,19,21H,1,15-16,18H2,2-8H3/t21-/m0/s1. The number of hydrogen-bond acceptors (Lipinski definition) is 7. The number of amides is 1. The fraction of sp³-hybridized carbons (Fsp3) is 0.382. The van der Waals surface area contributed by atoms with Gasteiger partial charge in [-0.2, -0.15) is 4.98 Å². The number of halogens is 2. The van der Waals surface area contributed by atoms with E-state index in [-0.39, 0.29) is 40.1 Å². The highest BCUT2D eigenvalue weighted by atomic mass is 19.1. The molecule has 4 heterocycles. The number of aryl methyl sites for hydroxylation is 1. The van der Waals surface area contributed by atoms with Gasteiger partial charge in [-0.25, -0.2) is 27.9 Å². The van der Waals surface area contributed by atoms with Gasteiger partial charge in [-0.3, -0.25) is 4.98 Å². The Hall–Kier alpha value is -4.67. The average molecular weight is 617 g/mol. The summed E-state index contributed by atoms with van der Waals surface area (Å²) in [5.41, 5.74) is 0.743. The maximum atomic E-state index is 16.1. The molecule has 0 bridgehead atoms. The van der Waals surface area contributed by atoms with Gasteiger partial charge in [-0.05, 0) is 69.9 Å². The van der Waals surface area contributed by atoms with Crippen LogP contribution in [0, 0.1) is 18.6 Å². The molecule has 0 radical (unpaired) electrons. The van der Waals surface area contributed by atoms with Gasteiger partial charge in [0, 0.05) is 37.4 Å². The lowest BCUT2D eigenvalue weighted by atomic mass is 10.0. The highest BCUT2D eigenvalue weighted by Gasteiger charge is 2.33. The van der Waals surface area contributed by atoms with Crippen LogP contribution in [0.5, 0.6) is 0 Å². The molecule has 11 heteroatoms. The molecule has 0 unspecified atom stereocenters. The Morgan fingerprint density at radius 3 is 2.51 bits per heavy atom. The van der Waals surface area contributed by atoms with E-state index < -0.39 is 29.0 Å². The van der Waals surface area contributed by atoms with Crippen molar-refractivity contribution >= 4 is 29.0 Å². The van der Waals surface area contributed by atoms with Crippen LogP contribution in [-0.2, 0) is 4.74 Å². The van der Waals surface area contributed by atoms with Crippen molar-refractivity contribution in [2.45, 2.75) is 66.0 Å². The largest absolute Gasteiger partial charge is 0.444 e. The second-order valence-corrected chi connectivity index (χ2v) is 12.6. The lowest BCUT2D eigenvalue weighted by Crippen LogP contribution is -2.55. The third-order valence-corrected chi connectivity index (χ3v) is 7.78. The third kappa shape index (κ3) is 6.03. The van der Waals surface area contributed by atoms with Crippen LogP contribution in [0.2, 0.25) is 0 Å². The number of pyridine rings is 2. The van der Waals surface area contributed by atoms with Gasteiger partial charge in [0.15, 0.2) is 11.5 Å². The molecule has 0 aliphatic carbocycles. The van der Waals surface area contributed by atoms with Gasteiger partial charge >= 0.3 is 11.8 Å². The minimum absolute atomic E-state index is 0.0596. The topological polar surface area (TPSA) is 93.5 Å². The normalized spacial score (nSPS) is 15.6. The molecule has 1 fully saturated rings. The minimum Gasteiger partial charge on any atom is -0.444 e. The number of fused-ring (bicyclic) bond motifs is 1. The molecule has 3 aromatic heterocycles. The van der Waals surface area contributed by atoms with Crippen molar-refractivity contribution < 1.29 is 18.3 Å². The molecule has 4 aromatic rings. The van der Waals surface area contributed by atoms with Crippen LogP contribution in [0.25, 0.3) is 34.1 Å². The molecule has 9 nitrogen and oxygen atoms in total. The number of nitrogens with zero attached hydrogens (tertiary/aromatic N) is 6. The average Bonchev–Trinajstić information content (AvgIpc) is 2.96. The van der Waals surface area contributed by atoms with Crippen LogP contribution < -0.4 is 10.6 Å². The molecule has 1 saturated heterocycles. The summed E-state index contributed by atoms with van der Waals surface area (Å²) in [4.78, 5) is 44.1. The summed E-state index contributed by atoms with van der Waals surface area (Å²) >= 11 is 0. The molecule has 5 rings (SSSR count). The molecular formula is C34H38F2N6O3. The number of hydrogen-bond donors (Lipinski definition) is 0. The van der Waals surface area contributed by atoms with Gasteiger partial charge in [0.25, 0.3) is 0 Å². The molecule has 1 atom stereocenters. The molecule has 1 aliphatic rings. The zero-order valence-electron chi connectivity index (χ0n) is 26.7. The van der Waals surface area contributed by atoms with Gasteiger partial charge in [0.05, 0.1) is 16.8 Å². The predicted molar refractivity (Wildman–Crippen MR) is 172 cm³/mol. The molecule has 0 N–H and O–H groups in total. The maximum Gasteiger partial charge on any atom is 0.410 e. The van der Waals surface area contributed by atoms with E-state index in [0.717, 1.165) is 5.56 Å². The lowest BCUT2D eigenvalue weighted by molar-refractivity contribution is 0.0218. The van der Waals surface area contributed by atoms with Gasteiger partial charge < -0.3 is 14.5 Å². The summed E-state index contributed by atoms with van der Waals surface area (Å²) in [6.45, 7) is 17.7. The van der Waals surface area contributed by atoms with Crippen molar-refractivity contribution in [3.8, 4) is 16.9 Å². The van der Waals surface area contributed by atoms with Crippen LogP contribution in [0.1, 0.15) is 64.3 Å². The summed E-state index contributed by atoms with van der Waals surface area (Å²) < 4.78 is 38.3. The van der Waals surface area contributed by atoms with Crippen molar-refractivity contribution in [2.24, 2.45) is 0 Å². The fourth-order valence-corrected chi connectivity index (χ4v) is 5.71. The van der Waals surface area contributed by atoms with Gasteiger partial charge in [-0.15, -0.1) is 0 Å². The molecule has 1 aliphatic heterocycles. The van der Waals surface area contributed by atoms with E-state index >= 15 is 8.78 Å². The summed E-state index contributed by atoms with van der Waals surface area (Å²) in [6, 6.07) is 7.09. The van der Waals surface area contributed by atoms with Crippen LogP contribution in [0.15, 0.2) is 47.9 Å². The first-order chi connectivity index (χ1) is 21.2. The summed E-state index contributed by atoms with van der Waals surface area (Å²) in [7, 11) is 0. The van der Waals surface area contributed by atoms with E-state index in [1.807, 2.05) is 32.6 Å². The first kappa shape index (κ1) is 31.7. The SMILES string of the molecule is C=Cc1cccc(F)c1-c1nc2c(cc1F)c(N1CCN(C(=O)OC(C)(C)C)C[C@@H]1C)nc(=O)n2-c1c(C)ccnc1C(C)C. The van der Waals surface area contributed by atoms with E-state index in [4.69, 9.17) is 4.74 Å². The van der Waals surface area contributed by atoms with E-state index in [1.54, 1.807) is 44.0 Å². The Kier molecular flexibility index (Phi) is 8.48. The van der Waals surface area contributed by atoms with Crippen LogP contribution in [0.4, 0.5) is 19.4 Å². The summed E-state index contributed by atoms with van der Waals surface area (Å²) in [5, 5.41) is 0.267. The van der Waals surface area contributed by atoms with E-state index in [1.165, 1.54) is 28.8 Å². The summed E-state index contributed by atoms with van der Waals surface area (Å²) in [5.74, 6) is -1.29. The van der Waals surface area contributed by atoms with Gasteiger partial charge in [-0.1, -0.05) is 38.6 Å². The van der Waals surface area contributed by atoms with E-state index in [0.29, 0.717) is 36.6 Å². The Morgan fingerprint density at radius 2 is 1.87 bits per heavy atom. The number of carbonyl (C=O) groups is 1. The van der Waals surface area contributed by atoms with Crippen molar-refractivity contribution in [1.82, 2.24) is 24.4 Å². The molecule has 45 heavy (non-hydrogen) atoms. The Morgan fingerprint density at radius 1 is 1.13 bits per heavy atom. The van der Waals surface area contributed by atoms with Crippen molar-refractivity contribution in [3.05, 3.63) is 82.0 Å². The number of carbonyl (C=O) groups excluding carboxylic acids is 1. The maximum absolute atomic E-state index is 16.1. The lowest BCUT2D eigenvalue weighted by Gasteiger charge is -2.41. The second-order valence-electron chi connectivity index (χ2n) is 12.6. The molecule has 0 saturated carbocycles. The van der Waals surface area contributed by atoms with Crippen LogP contribution >= 0.6 is 0 Å². The number of rotatable bonds is 5. The fourth-order valence-electron chi connectivity index (χ4n) is 5.71. The zero-order chi connectivity index (χ0) is 32.8. The molecule has 0 spiro atoms.